The van der Waals surface area contributed by atoms with Crippen LogP contribution in [0.25, 0.3) is 0 Å². The number of aromatic nitrogens is 1. The Labute approximate surface area is 126 Å². The largest absolute Gasteiger partial charge is 0.409 e. The number of pyridine rings is 1. The SMILES string of the molecule is CCC(CC)(NS(=O)(=O)c1cncc(Br)c1)C(N)=NO. The number of nitrogens with two attached hydrogens (primary N) is 1. The van der Waals surface area contributed by atoms with Crippen molar-refractivity contribution in [3.8, 4) is 0 Å². The van der Waals surface area contributed by atoms with E-state index in [-0.39, 0.29) is 10.7 Å². The first-order chi connectivity index (χ1) is 9.31. The molecule has 0 radical (unpaired) electrons. The Bertz CT molecular complexity index is 599. The summed E-state index contributed by atoms with van der Waals surface area (Å²) in [5.41, 5.74) is 4.51. The molecule has 4 N–H and O–H groups in total. The topological polar surface area (TPSA) is 118 Å². The Balaban J connectivity index is 3.23. The molecule has 0 bridgehead atoms. The van der Waals surface area contributed by atoms with Crippen LogP contribution in [0.1, 0.15) is 26.7 Å². The van der Waals surface area contributed by atoms with Gasteiger partial charge in [-0.1, -0.05) is 19.0 Å². The van der Waals surface area contributed by atoms with Crippen molar-refractivity contribution in [3.05, 3.63) is 22.9 Å². The van der Waals surface area contributed by atoms with Crippen LogP contribution >= 0.6 is 15.9 Å². The van der Waals surface area contributed by atoms with Crippen molar-refractivity contribution < 1.29 is 13.6 Å². The highest BCUT2D eigenvalue weighted by molar-refractivity contribution is 9.10. The maximum Gasteiger partial charge on any atom is 0.243 e. The van der Waals surface area contributed by atoms with Crippen LogP contribution in [0.5, 0.6) is 0 Å². The Morgan fingerprint density at radius 3 is 2.55 bits per heavy atom. The molecule has 20 heavy (non-hydrogen) atoms. The van der Waals surface area contributed by atoms with Gasteiger partial charge in [0.1, 0.15) is 4.90 Å². The van der Waals surface area contributed by atoms with Gasteiger partial charge in [-0.05, 0) is 34.8 Å². The highest BCUT2D eigenvalue weighted by Gasteiger charge is 2.36. The fourth-order valence-electron chi connectivity index (χ4n) is 1.76. The quantitative estimate of drug-likeness (QED) is 0.305. The standard InChI is InChI=1S/C11H17BrN4O3S/c1-3-11(4-2,10(13)15-17)16-20(18,19)9-5-8(12)6-14-7-9/h5-7,16-17H,3-4H2,1-2H3,(H2,13,15). The fourth-order valence-corrected chi connectivity index (χ4v) is 3.78. The molecule has 0 aliphatic heterocycles. The van der Waals surface area contributed by atoms with Gasteiger partial charge in [0.2, 0.25) is 10.0 Å². The molecule has 1 rings (SSSR count). The number of halogens is 1. The molecule has 0 atom stereocenters. The summed E-state index contributed by atoms with van der Waals surface area (Å²) in [4.78, 5) is 3.82. The molecule has 1 aromatic heterocycles. The number of sulfonamides is 1. The van der Waals surface area contributed by atoms with Crippen LogP contribution in [0.2, 0.25) is 0 Å². The van der Waals surface area contributed by atoms with Crippen LogP contribution < -0.4 is 10.5 Å². The molecule has 0 saturated carbocycles. The average molecular weight is 365 g/mol. The van der Waals surface area contributed by atoms with Crippen molar-refractivity contribution in [3.63, 3.8) is 0 Å². The summed E-state index contributed by atoms with van der Waals surface area (Å²) < 4.78 is 27.8. The predicted molar refractivity (Wildman–Crippen MR) is 79.0 cm³/mol. The zero-order valence-corrected chi connectivity index (χ0v) is 13.6. The molecule has 1 heterocycles. The van der Waals surface area contributed by atoms with E-state index >= 15 is 0 Å². The lowest BCUT2D eigenvalue weighted by molar-refractivity contribution is 0.307. The van der Waals surface area contributed by atoms with Gasteiger partial charge in [0, 0.05) is 16.9 Å². The molecule has 0 aliphatic rings. The first-order valence-electron chi connectivity index (χ1n) is 5.94. The highest BCUT2D eigenvalue weighted by Crippen LogP contribution is 2.21. The van der Waals surface area contributed by atoms with Gasteiger partial charge in [0.15, 0.2) is 5.84 Å². The molecule has 0 aliphatic carbocycles. The predicted octanol–water partition coefficient (Wildman–Crippen LogP) is 1.43. The summed E-state index contributed by atoms with van der Waals surface area (Å²) in [5, 5.41) is 11.8. The second-order valence-corrected chi connectivity index (χ2v) is 6.82. The molecule has 1 aromatic rings. The van der Waals surface area contributed by atoms with Crippen LogP contribution in [0.3, 0.4) is 0 Å². The minimum absolute atomic E-state index is 0.00360. The van der Waals surface area contributed by atoms with Crippen LogP contribution in [0.15, 0.2) is 33.0 Å². The number of oxime groups is 1. The second-order valence-electron chi connectivity index (χ2n) is 4.22. The van der Waals surface area contributed by atoms with Gasteiger partial charge in [0.05, 0.1) is 5.54 Å². The number of hydrogen-bond acceptors (Lipinski definition) is 5. The van der Waals surface area contributed by atoms with Gasteiger partial charge < -0.3 is 10.9 Å². The lowest BCUT2D eigenvalue weighted by atomic mass is 9.93. The third-order valence-corrected chi connectivity index (χ3v) is 5.06. The summed E-state index contributed by atoms with van der Waals surface area (Å²) in [6.45, 7) is 3.51. The molecule has 0 unspecified atom stereocenters. The van der Waals surface area contributed by atoms with Gasteiger partial charge in [-0.25, -0.2) is 8.42 Å². The van der Waals surface area contributed by atoms with Crippen LogP contribution in [-0.2, 0) is 10.0 Å². The average Bonchev–Trinajstić information content (AvgIpc) is 2.44. The fraction of sp³-hybridized carbons (Fsp3) is 0.455. The smallest absolute Gasteiger partial charge is 0.243 e. The van der Waals surface area contributed by atoms with E-state index < -0.39 is 15.6 Å². The first-order valence-corrected chi connectivity index (χ1v) is 8.21. The molecule has 0 fully saturated rings. The number of rotatable bonds is 6. The number of nitrogens with one attached hydrogen (secondary N) is 1. The van der Waals surface area contributed by atoms with Crippen molar-refractivity contribution in [1.82, 2.24) is 9.71 Å². The van der Waals surface area contributed by atoms with Crippen molar-refractivity contribution in [2.45, 2.75) is 37.1 Å². The number of nitrogens with zero attached hydrogens (tertiary/aromatic N) is 2. The van der Waals surface area contributed by atoms with E-state index in [0.29, 0.717) is 17.3 Å². The van der Waals surface area contributed by atoms with Crippen molar-refractivity contribution in [2.24, 2.45) is 10.9 Å². The highest BCUT2D eigenvalue weighted by atomic mass is 79.9. The summed E-state index contributed by atoms with van der Waals surface area (Å²) >= 11 is 3.17. The van der Waals surface area contributed by atoms with Crippen LogP contribution in [-0.4, -0.2) is 30.0 Å². The van der Waals surface area contributed by atoms with E-state index in [4.69, 9.17) is 10.9 Å². The van der Waals surface area contributed by atoms with Crippen molar-refractivity contribution in [2.75, 3.05) is 0 Å². The molecule has 112 valence electrons. The maximum absolute atomic E-state index is 12.4. The summed E-state index contributed by atoms with van der Waals surface area (Å²) in [6, 6.07) is 1.43. The first kappa shape index (κ1) is 16.9. The van der Waals surface area contributed by atoms with E-state index in [0.717, 1.165) is 0 Å². The van der Waals surface area contributed by atoms with Gasteiger partial charge in [-0.15, -0.1) is 0 Å². The summed E-state index contributed by atoms with van der Waals surface area (Å²) in [5.74, 6) is -0.172. The normalized spacial score (nSPS) is 13.4. The maximum atomic E-state index is 12.4. The third kappa shape index (κ3) is 3.47. The minimum Gasteiger partial charge on any atom is -0.409 e. The van der Waals surface area contributed by atoms with Gasteiger partial charge in [0.25, 0.3) is 0 Å². The van der Waals surface area contributed by atoms with E-state index in [1.807, 2.05) is 0 Å². The van der Waals surface area contributed by atoms with Gasteiger partial charge in [-0.3, -0.25) is 4.98 Å². The molecule has 7 nitrogen and oxygen atoms in total. The van der Waals surface area contributed by atoms with Gasteiger partial charge in [-0.2, -0.15) is 4.72 Å². The molecule has 0 amide bonds. The molecule has 0 saturated heterocycles. The Morgan fingerprint density at radius 1 is 1.50 bits per heavy atom. The summed E-state index contributed by atoms with van der Waals surface area (Å²) in [6.07, 6.45) is 3.41. The van der Waals surface area contributed by atoms with E-state index in [1.165, 1.54) is 18.5 Å². The monoisotopic (exact) mass is 364 g/mol. The Morgan fingerprint density at radius 2 is 2.10 bits per heavy atom. The van der Waals surface area contributed by atoms with E-state index in [9.17, 15) is 8.42 Å². The Hall–Kier alpha value is -1.19. The molecule has 9 heteroatoms. The lowest BCUT2D eigenvalue weighted by Gasteiger charge is -2.30. The van der Waals surface area contributed by atoms with Crippen molar-refractivity contribution in [1.29, 1.82) is 0 Å². The third-order valence-electron chi connectivity index (χ3n) is 3.12. The van der Waals surface area contributed by atoms with Gasteiger partial charge >= 0.3 is 0 Å². The summed E-state index contributed by atoms with van der Waals surface area (Å²) in [7, 11) is -3.83. The van der Waals surface area contributed by atoms with Crippen molar-refractivity contribution >= 4 is 31.8 Å². The van der Waals surface area contributed by atoms with E-state index in [2.05, 4.69) is 30.8 Å². The van der Waals surface area contributed by atoms with E-state index in [1.54, 1.807) is 13.8 Å². The van der Waals surface area contributed by atoms with Crippen LogP contribution in [0.4, 0.5) is 0 Å². The number of amidine groups is 1. The molecule has 0 spiro atoms. The molecular weight excluding hydrogens is 348 g/mol. The Kier molecular flexibility index (Phi) is 5.49. The molecule has 0 aromatic carbocycles. The van der Waals surface area contributed by atoms with Crippen LogP contribution in [0, 0.1) is 0 Å². The zero-order valence-electron chi connectivity index (χ0n) is 11.2. The number of hydrogen-bond donors (Lipinski definition) is 3. The second kappa shape index (κ2) is 6.51. The lowest BCUT2D eigenvalue weighted by Crippen LogP contribution is -2.56. The zero-order chi connectivity index (χ0) is 15.4. The molecular formula is C11H17BrN4O3S. The minimum atomic E-state index is -3.83.